The van der Waals surface area contributed by atoms with E-state index < -0.39 is 0 Å². The number of benzene rings is 2. The average molecular weight is 274 g/mol. The largest absolute Gasteiger partial charge is 0.359 e. The van der Waals surface area contributed by atoms with Crippen LogP contribution in [0.4, 0.5) is 0 Å². The molecule has 0 aliphatic heterocycles. The monoisotopic (exact) mass is 274 g/mol. The highest BCUT2D eigenvalue weighted by Gasteiger charge is 2.11. The van der Waals surface area contributed by atoms with Crippen molar-refractivity contribution in [3.8, 4) is 11.3 Å². The summed E-state index contributed by atoms with van der Waals surface area (Å²) >= 11 is 0. The predicted octanol–water partition coefficient (Wildman–Crippen LogP) is 4.34. The second-order valence-corrected chi connectivity index (χ2v) is 5.02. The van der Waals surface area contributed by atoms with Crippen LogP contribution in [0.25, 0.3) is 22.2 Å². The first-order chi connectivity index (χ1) is 10.4. The van der Waals surface area contributed by atoms with Gasteiger partial charge in [0, 0.05) is 22.7 Å². The van der Waals surface area contributed by atoms with E-state index in [0.717, 1.165) is 5.76 Å². The van der Waals surface area contributed by atoms with Gasteiger partial charge < -0.3 is 9.09 Å². The van der Waals surface area contributed by atoms with Crippen LogP contribution in [0.5, 0.6) is 0 Å². The minimum atomic E-state index is 0.678. The lowest BCUT2D eigenvalue weighted by Crippen LogP contribution is -2.00. The molecule has 0 radical (unpaired) electrons. The summed E-state index contributed by atoms with van der Waals surface area (Å²) < 4.78 is 7.54. The topological polar surface area (TPSA) is 31.0 Å². The molecule has 3 heteroatoms. The summed E-state index contributed by atoms with van der Waals surface area (Å²) in [5.41, 5.74) is 3.59. The minimum Gasteiger partial charge on any atom is -0.359 e. The zero-order valence-electron chi connectivity index (χ0n) is 11.4. The zero-order valence-corrected chi connectivity index (χ0v) is 11.4. The van der Waals surface area contributed by atoms with Crippen LogP contribution < -0.4 is 0 Å². The van der Waals surface area contributed by atoms with Gasteiger partial charge >= 0.3 is 0 Å². The lowest BCUT2D eigenvalue weighted by atomic mass is 10.1. The highest BCUT2D eigenvalue weighted by atomic mass is 16.5. The third kappa shape index (κ3) is 2.13. The van der Waals surface area contributed by atoms with Crippen molar-refractivity contribution in [2.45, 2.75) is 6.54 Å². The molecule has 0 N–H and O–H groups in total. The Balaban J connectivity index is 1.93. The van der Waals surface area contributed by atoms with E-state index in [4.69, 9.17) is 4.52 Å². The molecule has 0 amide bonds. The first kappa shape index (κ1) is 12.0. The number of para-hydroxylation sites is 1. The van der Waals surface area contributed by atoms with Gasteiger partial charge in [-0.1, -0.05) is 53.7 Å². The van der Waals surface area contributed by atoms with Crippen LogP contribution in [-0.2, 0) is 6.54 Å². The molecule has 4 aromatic rings. The summed E-state index contributed by atoms with van der Waals surface area (Å²) in [6, 6.07) is 23.0. The molecule has 0 aliphatic carbocycles. The standard InChI is InChI=1S/C18H14N2O/c1-2-6-14(7-3-1)18-12-15-8-4-5-9-17(15)20(18)13-16-10-11-19-21-16/h1-12H,13H2. The molecule has 0 bridgehead atoms. The lowest BCUT2D eigenvalue weighted by molar-refractivity contribution is 0.378. The summed E-state index contributed by atoms with van der Waals surface area (Å²) in [6.45, 7) is 0.678. The Labute approximate surface area is 122 Å². The highest BCUT2D eigenvalue weighted by Crippen LogP contribution is 2.28. The van der Waals surface area contributed by atoms with Crippen LogP contribution in [0.3, 0.4) is 0 Å². The molecule has 3 nitrogen and oxygen atoms in total. The van der Waals surface area contributed by atoms with Gasteiger partial charge in [0.15, 0.2) is 5.76 Å². The molecule has 0 fully saturated rings. The van der Waals surface area contributed by atoms with E-state index in [9.17, 15) is 0 Å². The Morgan fingerprint density at radius 3 is 2.52 bits per heavy atom. The third-order valence-corrected chi connectivity index (χ3v) is 3.69. The van der Waals surface area contributed by atoms with E-state index in [2.05, 4.69) is 64.3 Å². The second-order valence-electron chi connectivity index (χ2n) is 5.02. The number of nitrogens with zero attached hydrogens (tertiary/aromatic N) is 2. The summed E-state index contributed by atoms with van der Waals surface area (Å²) in [6.07, 6.45) is 1.68. The molecule has 0 aliphatic rings. The maximum Gasteiger partial charge on any atom is 0.156 e. The van der Waals surface area contributed by atoms with Gasteiger partial charge in [0.2, 0.25) is 0 Å². The smallest absolute Gasteiger partial charge is 0.156 e. The summed E-state index contributed by atoms with van der Waals surface area (Å²) in [4.78, 5) is 0. The first-order valence-electron chi connectivity index (χ1n) is 6.95. The Morgan fingerprint density at radius 2 is 1.71 bits per heavy atom. The molecule has 4 rings (SSSR count). The lowest BCUT2D eigenvalue weighted by Gasteiger charge is -2.09. The quantitative estimate of drug-likeness (QED) is 0.556. The van der Waals surface area contributed by atoms with Crippen molar-refractivity contribution in [3.05, 3.63) is 78.7 Å². The molecular formula is C18H14N2O. The van der Waals surface area contributed by atoms with Crippen LogP contribution in [0.15, 0.2) is 77.4 Å². The van der Waals surface area contributed by atoms with Gasteiger partial charge in [-0.25, -0.2) is 0 Å². The van der Waals surface area contributed by atoms with Crippen molar-refractivity contribution < 1.29 is 4.52 Å². The maximum absolute atomic E-state index is 5.28. The molecule has 0 saturated heterocycles. The van der Waals surface area contributed by atoms with Gasteiger partial charge in [-0.2, -0.15) is 0 Å². The molecule has 102 valence electrons. The van der Waals surface area contributed by atoms with Gasteiger partial charge in [-0.05, 0) is 17.7 Å². The number of aromatic nitrogens is 2. The zero-order chi connectivity index (χ0) is 14.1. The van der Waals surface area contributed by atoms with Gasteiger partial charge in [0.1, 0.15) is 0 Å². The van der Waals surface area contributed by atoms with Crippen LogP contribution >= 0.6 is 0 Å². The van der Waals surface area contributed by atoms with Gasteiger partial charge in [0.25, 0.3) is 0 Å². The first-order valence-corrected chi connectivity index (χ1v) is 6.95. The predicted molar refractivity (Wildman–Crippen MR) is 83.0 cm³/mol. The van der Waals surface area contributed by atoms with Gasteiger partial charge in [-0.15, -0.1) is 0 Å². The summed E-state index contributed by atoms with van der Waals surface area (Å²) in [7, 11) is 0. The number of hydrogen-bond donors (Lipinski definition) is 0. The minimum absolute atomic E-state index is 0.678. The van der Waals surface area contributed by atoms with Crippen LogP contribution in [-0.4, -0.2) is 9.72 Å². The molecule has 0 spiro atoms. The van der Waals surface area contributed by atoms with E-state index in [1.54, 1.807) is 6.20 Å². The summed E-state index contributed by atoms with van der Waals surface area (Å²) in [5, 5.41) is 5.03. The van der Waals surface area contributed by atoms with Crippen LogP contribution in [0.2, 0.25) is 0 Å². The molecule has 2 aromatic carbocycles. The van der Waals surface area contributed by atoms with E-state index >= 15 is 0 Å². The van der Waals surface area contributed by atoms with Crippen molar-refractivity contribution in [2.75, 3.05) is 0 Å². The van der Waals surface area contributed by atoms with Gasteiger partial charge in [-0.3, -0.25) is 0 Å². The normalized spacial score (nSPS) is 11.0. The molecule has 2 aromatic heterocycles. The Hall–Kier alpha value is -2.81. The molecule has 0 saturated carbocycles. The Bertz CT molecular complexity index is 861. The Kier molecular flexibility index (Phi) is 2.82. The van der Waals surface area contributed by atoms with E-state index in [0.29, 0.717) is 6.54 Å². The summed E-state index contributed by atoms with van der Waals surface area (Å²) in [5.74, 6) is 0.855. The molecule has 21 heavy (non-hydrogen) atoms. The van der Waals surface area contributed by atoms with Gasteiger partial charge in [0.05, 0.1) is 12.7 Å². The van der Waals surface area contributed by atoms with Crippen molar-refractivity contribution in [2.24, 2.45) is 0 Å². The van der Waals surface area contributed by atoms with Crippen molar-refractivity contribution in [1.82, 2.24) is 9.72 Å². The van der Waals surface area contributed by atoms with Crippen LogP contribution in [0.1, 0.15) is 5.76 Å². The SMILES string of the molecule is c1ccc(-c2cc3ccccc3n2Cc2ccno2)cc1. The number of hydrogen-bond acceptors (Lipinski definition) is 2. The van der Waals surface area contributed by atoms with Crippen LogP contribution in [0, 0.1) is 0 Å². The second kappa shape index (κ2) is 4.94. The maximum atomic E-state index is 5.28. The third-order valence-electron chi connectivity index (χ3n) is 3.69. The fourth-order valence-corrected chi connectivity index (χ4v) is 2.71. The fraction of sp³-hybridized carbons (Fsp3) is 0.0556. The molecule has 0 unspecified atom stereocenters. The molecular weight excluding hydrogens is 260 g/mol. The van der Waals surface area contributed by atoms with Crippen molar-refractivity contribution in [3.63, 3.8) is 0 Å². The van der Waals surface area contributed by atoms with E-state index in [-0.39, 0.29) is 0 Å². The van der Waals surface area contributed by atoms with Crippen molar-refractivity contribution in [1.29, 1.82) is 0 Å². The number of fused-ring (bicyclic) bond motifs is 1. The Morgan fingerprint density at radius 1 is 0.905 bits per heavy atom. The molecule has 0 atom stereocenters. The van der Waals surface area contributed by atoms with E-state index in [1.165, 1.54) is 22.2 Å². The average Bonchev–Trinajstić information content (AvgIpc) is 3.17. The molecule has 2 heterocycles. The van der Waals surface area contributed by atoms with Crippen molar-refractivity contribution >= 4 is 10.9 Å². The fourth-order valence-electron chi connectivity index (χ4n) is 2.71. The highest BCUT2D eigenvalue weighted by molar-refractivity contribution is 5.87. The number of rotatable bonds is 3. The van der Waals surface area contributed by atoms with E-state index in [1.807, 2.05) is 12.1 Å².